The normalized spacial score (nSPS) is 15.9. The maximum Gasteiger partial charge on any atom is 0.305 e. The number of carbonyl (C=O) groups is 1. The maximum absolute atomic E-state index is 12.0. The molecule has 1 heterocycles. The highest BCUT2D eigenvalue weighted by atomic mass is 32.2. The van der Waals surface area contributed by atoms with E-state index >= 15 is 0 Å². The van der Waals surface area contributed by atoms with Crippen molar-refractivity contribution >= 4 is 27.6 Å². The first-order valence-corrected chi connectivity index (χ1v) is 6.98. The van der Waals surface area contributed by atoms with E-state index in [1.54, 1.807) is 25.2 Å². The van der Waals surface area contributed by atoms with Gasteiger partial charge in [0.2, 0.25) is 5.96 Å². The van der Waals surface area contributed by atoms with Gasteiger partial charge in [-0.1, -0.05) is 12.1 Å². The number of nitrogens with zero attached hydrogens (tertiary/aromatic N) is 2. The Bertz CT molecular complexity index is 639. The van der Waals surface area contributed by atoms with Gasteiger partial charge in [-0.05, 0) is 12.1 Å². The Morgan fingerprint density at radius 3 is 2.79 bits per heavy atom. The van der Waals surface area contributed by atoms with Gasteiger partial charge in [0.05, 0.1) is 12.1 Å². The van der Waals surface area contributed by atoms with Crippen LogP contribution in [0.4, 0.5) is 5.69 Å². The number of anilines is 1. The SMILES string of the molecule is CN(CCC(=O)O)C1=NS(=O)(=O)c2ccccc2N1. The highest BCUT2D eigenvalue weighted by Crippen LogP contribution is 2.26. The van der Waals surface area contributed by atoms with Gasteiger partial charge in [0.1, 0.15) is 4.90 Å². The first-order valence-electron chi connectivity index (χ1n) is 5.54. The Morgan fingerprint density at radius 2 is 2.11 bits per heavy atom. The zero-order valence-electron chi connectivity index (χ0n) is 10.2. The molecule has 1 aromatic carbocycles. The number of rotatable bonds is 3. The summed E-state index contributed by atoms with van der Waals surface area (Å²) in [6, 6.07) is 6.43. The average Bonchev–Trinajstić information content (AvgIpc) is 2.35. The van der Waals surface area contributed by atoms with Crippen molar-refractivity contribution < 1.29 is 18.3 Å². The Kier molecular flexibility index (Phi) is 3.43. The van der Waals surface area contributed by atoms with Crippen LogP contribution in [0.15, 0.2) is 33.6 Å². The van der Waals surface area contributed by atoms with Crippen LogP contribution in [0.2, 0.25) is 0 Å². The van der Waals surface area contributed by atoms with Gasteiger partial charge in [-0.25, -0.2) is 0 Å². The Balaban J connectivity index is 2.27. The first-order chi connectivity index (χ1) is 8.90. The molecule has 2 rings (SSSR count). The summed E-state index contributed by atoms with van der Waals surface area (Å²) in [6.07, 6.45) is -0.0983. The molecule has 0 spiro atoms. The predicted molar refractivity (Wildman–Crippen MR) is 69.6 cm³/mol. The zero-order chi connectivity index (χ0) is 14.0. The minimum Gasteiger partial charge on any atom is -0.481 e. The van der Waals surface area contributed by atoms with Crippen molar-refractivity contribution in [2.24, 2.45) is 4.40 Å². The standard InChI is InChI=1S/C11H13N3O4S/c1-14(7-6-10(15)16)11-12-8-4-2-3-5-9(8)19(17,18)13-11/h2-5H,6-7H2,1H3,(H,12,13)(H,15,16). The molecular weight excluding hydrogens is 270 g/mol. The molecule has 2 N–H and O–H groups in total. The van der Waals surface area contributed by atoms with Crippen LogP contribution < -0.4 is 5.32 Å². The minimum absolute atomic E-state index is 0.0983. The minimum atomic E-state index is -3.74. The molecule has 1 aromatic rings. The van der Waals surface area contributed by atoms with E-state index in [0.717, 1.165) is 0 Å². The molecule has 8 heteroatoms. The summed E-state index contributed by atoms with van der Waals surface area (Å²) in [6.45, 7) is 0.166. The molecule has 19 heavy (non-hydrogen) atoms. The molecule has 0 amide bonds. The number of hydrogen-bond acceptors (Lipinski definition) is 5. The monoisotopic (exact) mass is 283 g/mol. The van der Waals surface area contributed by atoms with Crippen molar-refractivity contribution in [3.8, 4) is 0 Å². The summed E-state index contributed by atoms with van der Waals surface area (Å²) in [4.78, 5) is 12.1. The van der Waals surface area contributed by atoms with Crippen molar-refractivity contribution in [2.75, 3.05) is 18.9 Å². The largest absolute Gasteiger partial charge is 0.481 e. The Morgan fingerprint density at radius 1 is 1.42 bits per heavy atom. The lowest BCUT2D eigenvalue weighted by atomic mass is 10.3. The van der Waals surface area contributed by atoms with Gasteiger partial charge >= 0.3 is 5.97 Å². The molecule has 7 nitrogen and oxygen atoms in total. The van der Waals surface area contributed by atoms with E-state index in [1.165, 1.54) is 11.0 Å². The van der Waals surface area contributed by atoms with Crippen LogP contribution in [-0.2, 0) is 14.8 Å². The summed E-state index contributed by atoms with van der Waals surface area (Å²) in [7, 11) is -2.16. The third-order valence-electron chi connectivity index (χ3n) is 2.64. The summed E-state index contributed by atoms with van der Waals surface area (Å²) in [5.74, 6) is -0.827. The summed E-state index contributed by atoms with van der Waals surface area (Å²) >= 11 is 0. The average molecular weight is 283 g/mol. The molecule has 1 aliphatic heterocycles. The highest BCUT2D eigenvalue weighted by molar-refractivity contribution is 7.90. The van der Waals surface area contributed by atoms with Crippen LogP contribution in [-0.4, -0.2) is 43.9 Å². The van der Waals surface area contributed by atoms with Crippen LogP contribution in [0.25, 0.3) is 0 Å². The lowest BCUT2D eigenvalue weighted by molar-refractivity contribution is -0.137. The van der Waals surface area contributed by atoms with Gasteiger partial charge in [-0.15, -0.1) is 4.40 Å². The number of aliphatic carboxylic acids is 1. The second-order valence-corrected chi connectivity index (χ2v) is 5.65. The summed E-state index contributed by atoms with van der Waals surface area (Å²) in [5.41, 5.74) is 0.440. The molecule has 1 aliphatic rings. The van der Waals surface area contributed by atoms with Gasteiger partial charge < -0.3 is 15.3 Å². The molecule has 0 aliphatic carbocycles. The summed E-state index contributed by atoms with van der Waals surface area (Å²) in [5, 5.41) is 11.5. The number of para-hydroxylation sites is 1. The number of hydrogen-bond donors (Lipinski definition) is 2. The van der Waals surface area contributed by atoms with E-state index in [0.29, 0.717) is 5.69 Å². The molecule has 0 unspecified atom stereocenters. The number of guanidine groups is 1. The number of fused-ring (bicyclic) bond motifs is 1. The highest BCUT2D eigenvalue weighted by Gasteiger charge is 2.25. The van der Waals surface area contributed by atoms with Crippen LogP contribution in [0.5, 0.6) is 0 Å². The van der Waals surface area contributed by atoms with Gasteiger partial charge in [-0.2, -0.15) is 8.42 Å². The smallest absolute Gasteiger partial charge is 0.305 e. The second-order valence-electron chi connectivity index (χ2n) is 4.08. The van der Waals surface area contributed by atoms with Crippen LogP contribution in [0.3, 0.4) is 0 Å². The van der Waals surface area contributed by atoms with Crippen molar-refractivity contribution in [3.63, 3.8) is 0 Å². The molecular formula is C11H13N3O4S. The quantitative estimate of drug-likeness (QED) is 0.841. The number of nitrogens with one attached hydrogen (secondary N) is 1. The molecule has 102 valence electrons. The van der Waals surface area contributed by atoms with Crippen molar-refractivity contribution in [3.05, 3.63) is 24.3 Å². The van der Waals surface area contributed by atoms with E-state index in [4.69, 9.17) is 5.11 Å². The van der Waals surface area contributed by atoms with E-state index < -0.39 is 16.0 Å². The number of sulfonamides is 1. The van der Waals surface area contributed by atoms with Gasteiger partial charge in [-0.3, -0.25) is 4.79 Å². The molecule has 0 fully saturated rings. The zero-order valence-corrected chi connectivity index (χ0v) is 11.0. The lowest BCUT2D eigenvalue weighted by Gasteiger charge is -2.25. The van der Waals surface area contributed by atoms with Crippen LogP contribution in [0, 0.1) is 0 Å². The molecule has 0 bridgehead atoms. The molecule has 0 radical (unpaired) electrons. The predicted octanol–water partition coefficient (Wildman–Crippen LogP) is 0.563. The number of carboxylic acids is 1. The van der Waals surface area contributed by atoms with Gasteiger partial charge in [0.25, 0.3) is 10.0 Å². The number of benzene rings is 1. The fraction of sp³-hybridized carbons (Fsp3) is 0.273. The first kappa shape index (κ1) is 13.3. The third-order valence-corrected chi connectivity index (χ3v) is 3.97. The molecule has 0 saturated carbocycles. The maximum atomic E-state index is 12.0. The van der Waals surface area contributed by atoms with Gasteiger partial charge in [0, 0.05) is 13.6 Å². The van der Waals surface area contributed by atoms with Crippen molar-refractivity contribution in [1.29, 1.82) is 0 Å². The Hall–Kier alpha value is -2.09. The Labute approximate surface area is 110 Å². The molecule has 0 saturated heterocycles. The van der Waals surface area contributed by atoms with E-state index in [1.807, 2.05) is 0 Å². The fourth-order valence-corrected chi connectivity index (χ4v) is 2.79. The molecule has 0 atom stereocenters. The van der Waals surface area contributed by atoms with Crippen molar-refractivity contribution in [2.45, 2.75) is 11.3 Å². The number of carboxylic acid groups (broad SMARTS) is 1. The second kappa shape index (κ2) is 4.88. The molecule has 0 aromatic heterocycles. The van der Waals surface area contributed by atoms with Crippen LogP contribution in [0.1, 0.15) is 6.42 Å². The topological polar surface area (TPSA) is 99.1 Å². The van der Waals surface area contributed by atoms with E-state index in [2.05, 4.69) is 9.71 Å². The van der Waals surface area contributed by atoms with E-state index in [9.17, 15) is 13.2 Å². The third kappa shape index (κ3) is 2.84. The van der Waals surface area contributed by atoms with E-state index in [-0.39, 0.29) is 23.8 Å². The summed E-state index contributed by atoms with van der Waals surface area (Å²) < 4.78 is 27.6. The van der Waals surface area contributed by atoms with Gasteiger partial charge in [0.15, 0.2) is 0 Å². The van der Waals surface area contributed by atoms with Crippen molar-refractivity contribution in [1.82, 2.24) is 4.90 Å². The fourth-order valence-electron chi connectivity index (χ4n) is 1.64. The lowest BCUT2D eigenvalue weighted by Crippen LogP contribution is -2.37. The van der Waals surface area contributed by atoms with Crippen LogP contribution >= 0.6 is 0 Å².